The van der Waals surface area contributed by atoms with Crippen LogP contribution in [0.2, 0.25) is 0 Å². The predicted octanol–water partition coefficient (Wildman–Crippen LogP) is 4.94. The molecule has 32 heavy (non-hydrogen) atoms. The lowest BCUT2D eigenvalue weighted by atomic mass is 10.2. The molecule has 2 aromatic carbocycles. The summed E-state index contributed by atoms with van der Waals surface area (Å²) in [4.78, 5) is 37.2. The molecule has 2 amide bonds. The van der Waals surface area contributed by atoms with Gasteiger partial charge in [0.2, 0.25) is 0 Å². The minimum Gasteiger partial charge on any atom is -0.497 e. The summed E-state index contributed by atoms with van der Waals surface area (Å²) >= 11 is 0.880. The molecule has 1 aliphatic rings. The molecule has 4 rings (SSSR count). The zero-order valence-corrected chi connectivity index (χ0v) is 18.2. The van der Waals surface area contributed by atoms with Crippen LogP contribution in [0.4, 0.5) is 10.5 Å². The summed E-state index contributed by atoms with van der Waals surface area (Å²) in [6.45, 7) is 2.01. The zero-order chi connectivity index (χ0) is 22.8. The summed E-state index contributed by atoms with van der Waals surface area (Å²) in [5.74, 6) is 0.353. The van der Waals surface area contributed by atoms with Crippen LogP contribution in [-0.4, -0.2) is 32.6 Å². The van der Waals surface area contributed by atoms with Crippen LogP contribution in [0.5, 0.6) is 5.75 Å². The number of ether oxygens (including phenoxy) is 1. The Bertz CT molecular complexity index is 1230. The highest BCUT2D eigenvalue weighted by molar-refractivity contribution is 8.18. The summed E-state index contributed by atoms with van der Waals surface area (Å²) in [6, 6.07) is 17.2. The number of nitro benzene ring substituents is 1. The van der Waals surface area contributed by atoms with E-state index in [0.29, 0.717) is 10.5 Å². The average molecular weight is 449 g/mol. The first-order chi connectivity index (χ1) is 15.4. The normalized spacial score (nSPS) is 14.9. The number of nitro groups is 1. The van der Waals surface area contributed by atoms with E-state index in [4.69, 9.17) is 4.74 Å². The Kier molecular flexibility index (Phi) is 5.83. The van der Waals surface area contributed by atoms with Crippen LogP contribution in [0, 0.1) is 17.0 Å². The molecular weight excluding hydrogens is 430 g/mol. The number of thioether (sulfide) groups is 1. The number of hydrogen-bond acceptors (Lipinski definition) is 6. The van der Waals surface area contributed by atoms with Gasteiger partial charge in [0.05, 0.1) is 23.5 Å². The Morgan fingerprint density at radius 1 is 1.03 bits per heavy atom. The van der Waals surface area contributed by atoms with Gasteiger partial charge in [-0.2, -0.15) is 0 Å². The minimum absolute atomic E-state index is 0.0440. The fraction of sp³-hybridized carbons (Fsp3) is 0.130. The van der Waals surface area contributed by atoms with Crippen molar-refractivity contribution >= 4 is 34.7 Å². The van der Waals surface area contributed by atoms with Gasteiger partial charge in [-0.05, 0) is 66.7 Å². The number of methoxy groups -OCH3 is 1. The molecule has 3 aromatic rings. The van der Waals surface area contributed by atoms with Gasteiger partial charge >= 0.3 is 0 Å². The highest BCUT2D eigenvalue weighted by Crippen LogP contribution is 2.34. The van der Waals surface area contributed by atoms with E-state index in [1.165, 1.54) is 12.1 Å². The van der Waals surface area contributed by atoms with Crippen molar-refractivity contribution in [2.75, 3.05) is 7.11 Å². The number of hydrogen-bond donors (Lipinski definition) is 0. The number of imide groups is 1. The van der Waals surface area contributed by atoms with Crippen molar-refractivity contribution in [1.82, 2.24) is 9.47 Å². The number of aryl methyl sites for hydroxylation is 1. The molecule has 0 N–H and O–H groups in total. The number of nitrogens with zero attached hydrogens (tertiary/aromatic N) is 3. The lowest BCUT2D eigenvalue weighted by Gasteiger charge is -2.12. The average Bonchev–Trinajstić information content (AvgIpc) is 3.28. The molecule has 2 heterocycles. The maximum absolute atomic E-state index is 12.9. The topological polar surface area (TPSA) is 94.7 Å². The van der Waals surface area contributed by atoms with Crippen LogP contribution in [0.1, 0.15) is 17.0 Å². The summed E-state index contributed by atoms with van der Waals surface area (Å²) in [5, 5.41) is 10.4. The van der Waals surface area contributed by atoms with Gasteiger partial charge < -0.3 is 9.30 Å². The second-order valence-corrected chi connectivity index (χ2v) is 8.12. The van der Waals surface area contributed by atoms with Crippen LogP contribution < -0.4 is 4.74 Å². The van der Waals surface area contributed by atoms with Crippen LogP contribution in [-0.2, 0) is 11.3 Å². The van der Waals surface area contributed by atoms with Gasteiger partial charge in [0.15, 0.2) is 0 Å². The first-order valence-electron chi connectivity index (χ1n) is 9.69. The molecule has 0 spiro atoms. The highest BCUT2D eigenvalue weighted by Gasteiger charge is 2.35. The van der Waals surface area contributed by atoms with Gasteiger partial charge in [-0.15, -0.1) is 0 Å². The van der Waals surface area contributed by atoms with Gasteiger partial charge in [0.25, 0.3) is 16.8 Å². The van der Waals surface area contributed by atoms with Gasteiger partial charge in [0.1, 0.15) is 5.75 Å². The predicted molar refractivity (Wildman–Crippen MR) is 122 cm³/mol. The number of non-ortho nitro benzene ring substituents is 1. The minimum atomic E-state index is -0.494. The molecule has 0 bridgehead atoms. The fourth-order valence-electron chi connectivity index (χ4n) is 3.43. The third-order valence-electron chi connectivity index (χ3n) is 5.08. The molecule has 0 unspecified atom stereocenters. The summed E-state index contributed by atoms with van der Waals surface area (Å²) < 4.78 is 7.20. The van der Waals surface area contributed by atoms with Crippen molar-refractivity contribution in [3.63, 3.8) is 0 Å². The molecule has 162 valence electrons. The third-order valence-corrected chi connectivity index (χ3v) is 5.98. The Morgan fingerprint density at radius 3 is 2.34 bits per heavy atom. The van der Waals surface area contributed by atoms with Crippen molar-refractivity contribution < 1.29 is 19.2 Å². The number of aromatic nitrogens is 1. The van der Waals surface area contributed by atoms with Gasteiger partial charge in [-0.25, -0.2) is 0 Å². The van der Waals surface area contributed by atoms with Crippen molar-refractivity contribution in [2.24, 2.45) is 0 Å². The monoisotopic (exact) mass is 449 g/mol. The van der Waals surface area contributed by atoms with E-state index in [2.05, 4.69) is 0 Å². The lowest BCUT2D eigenvalue weighted by Crippen LogP contribution is -2.27. The van der Waals surface area contributed by atoms with Crippen LogP contribution in [0.15, 0.2) is 65.6 Å². The van der Waals surface area contributed by atoms with Crippen LogP contribution >= 0.6 is 11.8 Å². The summed E-state index contributed by atoms with van der Waals surface area (Å²) in [6.07, 6.45) is 1.71. The van der Waals surface area contributed by atoms with E-state index in [-0.39, 0.29) is 17.5 Å². The molecule has 8 nitrogen and oxygen atoms in total. The zero-order valence-electron chi connectivity index (χ0n) is 17.3. The van der Waals surface area contributed by atoms with E-state index in [9.17, 15) is 19.7 Å². The first kappa shape index (κ1) is 21.4. The van der Waals surface area contributed by atoms with E-state index in [1.807, 2.05) is 47.9 Å². The Morgan fingerprint density at radius 2 is 1.72 bits per heavy atom. The molecule has 1 aliphatic heterocycles. The number of benzene rings is 2. The lowest BCUT2D eigenvalue weighted by molar-refractivity contribution is -0.384. The van der Waals surface area contributed by atoms with Crippen LogP contribution in [0.25, 0.3) is 11.8 Å². The van der Waals surface area contributed by atoms with Crippen molar-refractivity contribution in [3.05, 3.63) is 92.6 Å². The summed E-state index contributed by atoms with van der Waals surface area (Å²) in [5.41, 5.74) is 3.25. The first-order valence-corrected chi connectivity index (χ1v) is 10.5. The van der Waals surface area contributed by atoms with E-state index >= 15 is 0 Å². The molecule has 0 aliphatic carbocycles. The maximum Gasteiger partial charge on any atom is 0.293 e. The maximum atomic E-state index is 12.9. The standard InChI is InChI=1S/C23H19N3O5S/c1-15-3-6-19(25(15)17-9-11-20(31-2)12-10-17)13-21-22(27)24(23(28)32-21)14-16-4-7-18(8-5-16)26(29)30/h3-13H,14H2,1-2H3/b21-13-. The van der Waals surface area contributed by atoms with Crippen molar-refractivity contribution in [1.29, 1.82) is 0 Å². The third kappa shape index (κ3) is 4.15. The Balaban J connectivity index is 1.58. The van der Waals surface area contributed by atoms with Gasteiger partial charge in [0, 0.05) is 29.2 Å². The molecule has 0 atom stereocenters. The summed E-state index contributed by atoms with van der Waals surface area (Å²) in [7, 11) is 1.61. The van der Waals surface area contributed by atoms with Crippen LogP contribution in [0.3, 0.4) is 0 Å². The quantitative estimate of drug-likeness (QED) is 0.301. The Hall–Kier alpha value is -3.85. The smallest absolute Gasteiger partial charge is 0.293 e. The van der Waals surface area contributed by atoms with Gasteiger partial charge in [-0.3, -0.25) is 24.6 Å². The molecule has 1 saturated heterocycles. The highest BCUT2D eigenvalue weighted by atomic mass is 32.2. The van der Waals surface area contributed by atoms with Crippen molar-refractivity contribution in [3.8, 4) is 11.4 Å². The fourth-order valence-corrected chi connectivity index (χ4v) is 4.25. The number of carbonyl (C=O) groups is 2. The second kappa shape index (κ2) is 8.72. The molecule has 0 radical (unpaired) electrons. The van der Waals surface area contributed by atoms with Gasteiger partial charge in [-0.1, -0.05) is 12.1 Å². The van der Waals surface area contributed by atoms with E-state index < -0.39 is 10.8 Å². The molecule has 1 aromatic heterocycles. The second-order valence-electron chi connectivity index (χ2n) is 7.12. The molecule has 9 heteroatoms. The largest absolute Gasteiger partial charge is 0.497 e. The SMILES string of the molecule is COc1ccc(-n2c(C)ccc2/C=C2\SC(=O)N(Cc3ccc([N+](=O)[O-])cc3)C2=O)cc1. The number of rotatable bonds is 6. The number of amides is 2. The number of carbonyl (C=O) groups excluding carboxylic acids is 2. The molecule has 1 fully saturated rings. The molecular formula is C23H19N3O5S. The van der Waals surface area contributed by atoms with Crippen molar-refractivity contribution in [2.45, 2.75) is 13.5 Å². The molecule has 0 saturated carbocycles. The Labute approximate surface area is 188 Å². The van der Waals surface area contributed by atoms with E-state index in [0.717, 1.165) is 39.5 Å². The van der Waals surface area contributed by atoms with E-state index in [1.54, 1.807) is 25.3 Å².